The Morgan fingerprint density at radius 1 is 0.500 bits per heavy atom. The molecule has 1 heteroatoms. The Labute approximate surface area is 345 Å². The molecule has 7 aliphatic carbocycles. The van der Waals surface area contributed by atoms with Gasteiger partial charge in [-0.1, -0.05) is 145 Å². The summed E-state index contributed by atoms with van der Waals surface area (Å²) < 4.78 is 0. The van der Waals surface area contributed by atoms with Crippen molar-refractivity contribution in [2.24, 2.45) is 29.1 Å². The summed E-state index contributed by atoms with van der Waals surface area (Å²) in [6.45, 7) is 14.8. The van der Waals surface area contributed by atoms with Crippen LogP contribution < -0.4 is 4.90 Å². The third kappa shape index (κ3) is 3.83. The van der Waals surface area contributed by atoms with E-state index in [1.165, 1.54) is 111 Å². The van der Waals surface area contributed by atoms with Crippen molar-refractivity contribution in [1.82, 2.24) is 0 Å². The lowest BCUT2D eigenvalue weighted by Gasteiger charge is -2.76. The van der Waals surface area contributed by atoms with E-state index in [4.69, 9.17) is 0 Å². The highest BCUT2D eigenvalue weighted by Crippen LogP contribution is 2.90. The summed E-state index contributed by atoms with van der Waals surface area (Å²) in [6, 6.07) is 50.1. The van der Waals surface area contributed by atoms with E-state index in [9.17, 15) is 0 Å². The van der Waals surface area contributed by atoms with Gasteiger partial charge >= 0.3 is 0 Å². The van der Waals surface area contributed by atoms with Crippen LogP contribution in [-0.2, 0) is 21.7 Å². The van der Waals surface area contributed by atoms with Crippen LogP contribution in [0.3, 0.4) is 0 Å². The summed E-state index contributed by atoms with van der Waals surface area (Å²) in [7, 11) is 0. The van der Waals surface area contributed by atoms with Crippen molar-refractivity contribution < 1.29 is 0 Å². The Balaban J connectivity index is 1.11. The molecule has 1 nitrogen and oxygen atoms in total. The summed E-state index contributed by atoms with van der Waals surface area (Å²) in [5, 5.41) is 0. The van der Waals surface area contributed by atoms with E-state index < -0.39 is 0 Å². The predicted molar refractivity (Wildman–Crippen MR) is 240 cm³/mol. The van der Waals surface area contributed by atoms with Crippen LogP contribution in [-0.4, -0.2) is 0 Å². The lowest BCUT2D eigenvalue weighted by atomic mass is 9.26. The zero-order chi connectivity index (χ0) is 39.1. The fourth-order valence-corrected chi connectivity index (χ4v) is 15.6. The molecule has 6 aromatic rings. The predicted octanol–water partition coefficient (Wildman–Crippen LogP) is 14.8. The standard InChI is InChI=1S/C57H55N/c1-53(2)27-28-54(3,4)52-44(53)22-14-24-47(52)58(37-25-26-40-39-17-10-11-20-42(39)55(5,6)45(40)32-37)46-23-13-21-43-50(46)41-19-12-18-38(35-15-8-7-9-16-35)51(41)57(43)48-30-34-29-36-31-49(57)56(36,48)33-34/h7-26,32,34,36,48-49H,27-31,33H2,1-6H3/t34?,36?,48?,49?,56-,57?/m0/s1. The van der Waals surface area contributed by atoms with Crippen LogP contribution in [0, 0.1) is 29.1 Å². The number of nitrogens with zero attached hydrogens (tertiary/aromatic N) is 1. The van der Waals surface area contributed by atoms with Crippen molar-refractivity contribution in [3.05, 3.63) is 161 Å². The average Bonchev–Trinajstić information content (AvgIpc) is 3.92. The number of benzene rings is 6. The van der Waals surface area contributed by atoms with Gasteiger partial charge in [-0.2, -0.15) is 0 Å². The van der Waals surface area contributed by atoms with Crippen molar-refractivity contribution in [3.8, 4) is 33.4 Å². The van der Waals surface area contributed by atoms with Gasteiger partial charge in [0.2, 0.25) is 0 Å². The first kappa shape index (κ1) is 34.0. The van der Waals surface area contributed by atoms with Crippen molar-refractivity contribution >= 4 is 17.1 Å². The fraction of sp³-hybridized carbons (Fsp3) is 0.368. The molecule has 2 bridgehead atoms. The highest BCUT2D eigenvalue weighted by molar-refractivity contribution is 6.00. The van der Waals surface area contributed by atoms with Crippen molar-refractivity contribution in [2.45, 2.75) is 102 Å². The SMILES string of the molecule is CC1(C)CCC(C)(C)c2c(N(c3ccc4c(c3)C(C)(C)c3ccccc3-4)c3cccc4c3-c3cccc(-c5ccccc5)c3C43C4CC5CC6CC3[C@@]64C5)cccc21. The Bertz CT molecular complexity index is 2760. The van der Waals surface area contributed by atoms with Gasteiger partial charge in [0.1, 0.15) is 0 Å². The number of hydrogen-bond acceptors (Lipinski definition) is 1. The van der Waals surface area contributed by atoms with E-state index in [1.54, 1.807) is 11.1 Å². The molecule has 0 aromatic heterocycles. The first-order valence-corrected chi connectivity index (χ1v) is 22.5. The Hall–Kier alpha value is -4.88. The van der Waals surface area contributed by atoms with Crippen LogP contribution >= 0.6 is 0 Å². The first-order chi connectivity index (χ1) is 28.0. The molecule has 4 saturated carbocycles. The topological polar surface area (TPSA) is 3.24 Å². The molecule has 13 rings (SSSR count). The molecule has 7 aliphatic rings. The van der Waals surface area contributed by atoms with Crippen LogP contribution in [0.4, 0.5) is 17.1 Å². The molecule has 2 spiro atoms. The zero-order valence-electron chi connectivity index (χ0n) is 35.1. The molecule has 6 aromatic carbocycles. The maximum Gasteiger partial charge on any atom is 0.0543 e. The second-order valence-electron chi connectivity index (χ2n) is 21.6. The molecular weight excluding hydrogens is 699 g/mol. The maximum absolute atomic E-state index is 2.75. The highest BCUT2D eigenvalue weighted by atomic mass is 15.2. The van der Waals surface area contributed by atoms with Crippen LogP contribution in [0.2, 0.25) is 0 Å². The summed E-state index contributed by atoms with van der Waals surface area (Å²) >= 11 is 0. The maximum atomic E-state index is 2.75. The number of anilines is 3. The lowest BCUT2D eigenvalue weighted by Crippen LogP contribution is -2.73. The minimum atomic E-state index is -0.0896. The summed E-state index contributed by atoms with van der Waals surface area (Å²) in [5.41, 5.74) is 22.4. The summed E-state index contributed by atoms with van der Waals surface area (Å²) in [5.74, 6) is 3.33. The Kier molecular flexibility index (Phi) is 6.36. The van der Waals surface area contributed by atoms with E-state index in [1.807, 2.05) is 0 Å². The second kappa shape index (κ2) is 10.8. The van der Waals surface area contributed by atoms with Crippen LogP contribution in [0.1, 0.15) is 113 Å². The molecule has 0 radical (unpaired) electrons. The summed E-state index contributed by atoms with van der Waals surface area (Å²) in [4.78, 5) is 2.75. The molecule has 58 heavy (non-hydrogen) atoms. The first-order valence-electron chi connectivity index (χ1n) is 22.5. The molecule has 4 fully saturated rings. The molecular formula is C57H55N. The minimum absolute atomic E-state index is 0.0356. The average molecular weight is 754 g/mol. The van der Waals surface area contributed by atoms with Gasteiger partial charge in [-0.3, -0.25) is 0 Å². The van der Waals surface area contributed by atoms with Crippen LogP contribution in [0.25, 0.3) is 33.4 Å². The van der Waals surface area contributed by atoms with Crippen molar-refractivity contribution in [2.75, 3.05) is 4.90 Å². The molecule has 5 unspecified atom stereocenters. The molecule has 0 aliphatic heterocycles. The van der Waals surface area contributed by atoms with Gasteiger partial charge in [0, 0.05) is 22.1 Å². The molecule has 0 N–H and O–H groups in total. The molecule has 0 heterocycles. The van der Waals surface area contributed by atoms with Gasteiger partial charge in [-0.15, -0.1) is 0 Å². The zero-order valence-corrected chi connectivity index (χ0v) is 35.1. The molecule has 0 saturated heterocycles. The van der Waals surface area contributed by atoms with E-state index in [2.05, 4.69) is 174 Å². The van der Waals surface area contributed by atoms with E-state index in [0.717, 1.165) is 23.7 Å². The summed E-state index contributed by atoms with van der Waals surface area (Å²) in [6.07, 6.45) is 8.15. The molecule has 288 valence electrons. The highest BCUT2D eigenvalue weighted by Gasteiger charge is 2.85. The third-order valence-electron chi connectivity index (χ3n) is 18.0. The Morgan fingerprint density at radius 3 is 1.98 bits per heavy atom. The van der Waals surface area contributed by atoms with Crippen LogP contribution in [0.15, 0.2) is 127 Å². The smallest absolute Gasteiger partial charge is 0.0543 e. The quantitative estimate of drug-likeness (QED) is 0.173. The number of hydrogen-bond donors (Lipinski definition) is 0. The van der Waals surface area contributed by atoms with E-state index in [-0.39, 0.29) is 21.7 Å². The van der Waals surface area contributed by atoms with Gasteiger partial charge in [-0.25, -0.2) is 0 Å². The van der Waals surface area contributed by atoms with Gasteiger partial charge in [0.25, 0.3) is 0 Å². The number of rotatable bonds is 4. The van der Waals surface area contributed by atoms with Crippen LogP contribution in [0.5, 0.6) is 0 Å². The molecule has 0 amide bonds. The fourth-order valence-electron chi connectivity index (χ4n) is 15.6. The van der Waals surface area contributed by atoms with E-state index >= 15 is 0 Å². The van der Waals surface area contributed by atoms with Gasteiger partial charge in [0.15, 0.2) is 0 Å². The van der Waals surface area contributed by atoms with Gasteiger partial charge in [0.05, 0.1) is 11.4 Å². The lowest BCUT2D eigenvalue weighted by molar-refractivity contribution is -0.231. The Morgan fingerprint density at radius 2 is 1.16 bits per heavy atom. The minimum Gasteiger partial charge on any atom is -0.310 e. The second-order valence-corrected chi connectivity index (χ2v) is 21.6. The molecule has 6 atom stereocenters. The van der Waals surface area contributed by atoms with Gasteiger partial charge in [-0.05, 0) is 164 Å². The normalized spacial score (nSPS) is 29.7. The largest absolute Gasteiger partial charge is 0.310 e. The van der Waals surface area contributed by atoms with Crippen molar-refractivity contribution in [1.29, 1.82) is 0 Å². The van der Waals surface area contributed by atoms with Crippen molar-refractivity contribution in [3.63, 3.8) is 0 Å². The monoisotopic (exact) mass is 753 g/mol. The van der Waals surface area contributed by atoms with E-state index in [0.29, 0.717) is 5.41 Å². The third-order valence-corrected chi connectivity index (χ3v) is 18.0. The van der Waals surface area contributed by atoms with Gasteiger partial charge < -0.3 is 4.90 Å². The number of fused-ring (bicyclic) bond motifs is 12.